The van der Waals surface area contributed by atoms with Crippen LogP contribution in [0.15, 0.2) is 35.2 Å². The van der Waals surface area contributed by atoms with Crippen molar-refractivity contribution in [2.45, 2.75) is 25.3 Å². The molecule has 1 fully saturated rings. The van der Waals surface area contributed by atoms with Crippen molar-refractivity contribution in [2.24, 2.45) is 0 Å². The van der Waals surface area contributed by atoms with Gasteiger partial charge in [-0.1, -0.05) is 6.07 Å². The van der Waals surface area contributed by atoms with Crippen LogP contribution in [0.3, 0.4) is 0 Å². The molecule has 1 aliphatic heterocycles. The van der Waals surface area contributed by atoms with E-state index in [-0.39, 0.29) is 36.1 Å². The summed E-state index contributed by atoms with van der Waals surface area (Å²) in [4.78, 5) is 17.5. The van der Waals surface area contributed by atoms with E-state index in [0.29, 0.717) is 5.52 Å². The average molecular weight is 384 g/mol. The van der Waals surface area contributed by atoms with E-state index >= 15 is 0 Å². The number of aliphatic hydroxyl groups excluding tert-OH is 1. The van der Waals surface area contributed by atoms with Gasteiger partial charge in [-0.3, -0.25) is 15.1 Å². The number of nitrogens with zero attached hydrogens (tertiary/aromatic N) is 5. The van der Waals surface area contributed by atoms with Gasteiger partial charge in [-0.2, -0.15) is 0 Å². The zero-order valence-electron chi connectivity index (χ0n) is 15.1. The molecule has 2 aromatic heterocycles. The monoisotopic (exact) mass is 384 g/mol. The second-order valence-electron chi connectivity index (χ2n) is 6.65. The molecule has 1 aliphatic rings. The van der Waals surface area contributed by atoms with E-state index in [1.54, 1.807) is 12.3 Å². The molecular weight excluding hydrogens is 364 g/mol. The number of nitro groups is 1. The quantitative estimate of drug-likeness (QED) is 0.486. The summed E-state index contributed by atoms with van der Waals surface area (Å²) in [7, 11) is 0. The van der Waals surface area contributed by atoms with Gasteiger partial charge in [0, 0.05) is 25.5 Å². The van der Waals surface area contributed by atoms with Crippen LogP contribution in [-0.4, -0.2) is 45.0 Å². The summed E-state index contributed by atoms with van der Waals surface area (Å²) in [5, 5.41) is 31.5. The molecule has 10 heteroatoms. The molecule has 0 bridgehead atoms. The van der Waals surface area contributed by atoms with Gasteiger partial charge in [0.2, 0.25) is 5.52 Å². The molecule has 1 atom stereocenters. The first-order chi connectivity index (χ1) is 13.7. The van der Waals surface area contributed by atoms with Gasteiger partial charge in [-0.25, -0.2) is 4.63 Å². The maximum absolute atomic E-state index is 11.6. The number of nitro benzene ring substituents is 1. The number of fused-ring (bicyclic) bond motifs is 1. The fourth-order valence-electron chi connectivity index (χ4n) is 3.78. The van der Waals surface area contributed by atoms with Gasteiger partial charge >= 0.3 is 5.69 Å². The van der Waals surface area contributed by atoms with Gasteiger partial charge in [-0.15, -0.1) is 0 Å². The lowest BCUT2D eigenvalue weighted by Gasteiger charge is -2.37. The topological polar surface area (TPSA) is 130 Å². The Bertz CT molecular complexity index is 977. The van der Waals surface area contributed by atoms with Crippen LogP contribution in [0.1, 0.15) is 30.9 Å². The Balaban J connectivity index is 1.86. The molecule has 0 radical (unpaired) electrons. The van der Waals surface area contributed by atoms with Gasteiger partial charge in [0.15, 0.2) is 5.52 Å². The van der Waals surface area contributed by atoms with Crippen LogP contribution in [0.2, 0.25) is 0 Å². The summed E-state index contributed by atoms with van der Waals surface area (Å²) in [5.41, 5.74) is 2.33. The number of hydrogen-bond acceptors (Lipinski definition) is 9. The van der Waals surface area contributed by atoms with Crippen LogP contribution in [0, 0.1) is 10.1 Å². The second-order valence-corrected chi connectivity index (χ2v) is 6.65. The third-order valence-corrected chi connectivity index (χ3v) is 4.98. The molecule has 28 heavy (non-hydrogen) atoms. The Morgan fingerprint density at radius 3 is 2.96 bits per heavy atom. The highest BCUT2D eigenvalue weighted by Gasteiger charge is 2.31. The van der Waals surface area contributed by atoms with Gasteiger partial charge in [-0.05, 0) is 47.3 Å². The first-order valence-corrected chi connectivity index (χ1v) is 9.15. The number of aliphatic hydroxyl groups is 1. The summed E-state index contributed by atoms with van der Waals surface area (Å²) < 4.78 is 4.87. The van der Waals surface area contributed by atoms with Crippen molar-refractivity contribution in [3.8, 4) is 0 Å². The van der Waals surface area contributed by atoms with Crippen molar-refractivity contribution >= 4 is 28.1 Å². The number of aromatic nitrogens is 3. The van der Waals surface area contributed by atoms with Crippen molar-refractivity contribution in [1.29, 1.82) is 0 Å². The van der Waals surface area contributed by atoms with E-state index in [1.165, 1.54) is 0 Å². The third-order valence-electron chi connectivity index (χ3n) is 4.98. The van der Waals surface area contributed by atoms with E-state index in [0.717, 1.165) is 37.1 Å². The van der Waals surface area contributed by atoms with Crippen molar-refractivity contribution in [2.75, 3.05) is 29.9 Å². The lowest BCUT2D eigenvalue weighted by atomic mass is 9.95. The average Bonchev–Trinajstić information content (AvgIpc) is 3.21. The molecule has 1 saturated heterocycles. The van der Waals surface area contributed by atoms with Crippen LogP contribution >= 0.6 is 0 Å². The van der Waals surface area contributed by atoms with Crippen LogP contribution in [-0.2, 0) is 0 Å². The van der Waals surface area contributed by atoms with Crippen LogP contribution in [0.5, 0.6) is 0 Å². The zero-order valence-corrected chi connectivity index (χ0v) is 15.1. The normalized spacial score (nSPS) is 17.0. The number of anilines is 2. The fourth-order valence-corrected chi connectivity index (χ4v) is 3.78. The largest absolute Gasteiger partial charge is 0.395 e. The van der Waals surface area contributed by atoms with Gasteiger partial charge in [0.25, 0.3) is 0 Å². The summed E-state index contributed by atoms with van der Waals surface area (Å²) in [6, 6.07) is 5.72. The van der Waals surface area contributed by atoms with Crippen molar-refractivity contribution in [3.63, 3.8) is 0 Å². The molecule has 3 aromatic rings. The SMILES string of the molecule is O=[N+]([O-])c1c(NCCO)cc(N2CCCCC2c2cccnc2)c2nonc12. The smallest absolute Gasteiger partial charge is 0.323 e. The molecule has 3 heterocycles. The van der Waals surface area contributed by atoms with Gasteiger partial charge in [0.1, 0.15) is 5.69 Å². The maximum Gasteiger partial charge on any atom is 0.323 e. The Labute approximate surface area is 160 Å². The minimum atomic E-state index is -0.509. The summed E-state index contributed by atoms with van der Waals surface area (Å²) in [6.07, 6.45) is 6.60. The number of benzene rings is 1. The van der Waals surface area contributed by atoms with E-state index in [9.17, 15) is 10.1 Å². The second kappa shape index (κ2) is 7.77. The minimum absolute atomic E-state index is 0.0782. The van der Waals surface area contributed by atoms with Crippen molar-refractivity contribution in [1.82, 2.24) is 15.3 Å². The molecule has 0 saturated carbocycles. The predicted octanol–water partition coefficient (Wildman–Crippen LogP) is 2.66. The van der Waals surface area contributed by atoms with Crippen LogP contribution in [0.25, 0.3) is 11.0 Å². The maximum atomic E-state index is 11.6. The molecule has 2 N–H and O–H groups in total. The summed E-state index contributed by atoms with van der Waals surface area (Å²) >= 11 is 0. The van der Waals surface area contributed by atoms with Crippen molar-refractivity contribution < 1.29 is 14.7 Å². The highest BCUT2D eigenvalue weighted by atomic mass is 16.6. The molecule has 1 aromatic carbocycles. The van der Waals surface area contributed by atoms with E-state index < -0.39 is 4.92 Å². The minimum Gasteiger partial charge on any atom is -0.395 e. The molecule has 0 spiro atoms. The lowest BCUT2D eigenvalue weighted by molar-refractivity contribution is -0.382. The first-order valence-electron chi connectivity index (χ1n) is 9.15. The zero-order chi connectivity index (χ0) is 19.5. The molecule has 146 valence electrons. The first kappa shape index (κ1) is 18.1. The standard InChI is InChI=1S/C18H20N6O4/c25-9-7-20-13-10-15(16-17(22-28-21-16)18(13)24(26)27)23-8-2-1-5-14(23)12-4-3-6-19-11-12/h3-4,6,10-11,14,20,25H,1-2,5,7-9H2. The molecular formula is C18H20N6O4. The Kier molecular flexibility index (Phi) is 5.02. The van der Waals surface area contributed by atoms with E-state index in [1.807, 2.05) is 18.3 Å². The highest BCUT2D eigenvalue weighted by molar-refractivity contribution is 6.00. The number of hydrogen-bond donors (Lipinski definition) is 2. The van der Waals surface area contributed by atoms with Crippen molar-refractivity contribution in [3.05, 3.63) is 46.3 Å². The molecule has 0 amide bonds. The molecule has 0 aliphatic carbocycles. The van der Waals surface area contributed by atoms with Gasteiger partial charge in [0.05, 0.1) is 23.3 Å². The van der Waals surface area contributed by atoms with Gasteiger partial charge < -0.3 is 15.3 Å². The lowest BCUT2D eigenvalue weighted by Crippen LogP contribution is -2.33. The number of pyridine rings is 1. The predicted molar refractivity (Wildman–Crippen MR) is 102 cm³/mol. The highest BCUT2D eigenvalue weighted by Crippen LogP contribution is 2.43. The van der Waals surface area contributed by atoms with E-state index in [2.05, 4.69) is 25.5 Å². The molecule has 4 rings (SSSR count). The fraction of sp³-hybridized carbons (Fsp3) is 0.389. The van der Waals surface area contributed by atoms with Crippen LogP contribution < -0.4 is 10.2 Å². The molecule has 1 unspecified atom stereocenters. The number of nitrogens with one attached hydrogen (secondary N) is 1. The summed E-state index contributed by atoms with van der Waals surface area (Å²) in [6.45, 7) is 0.811. The Morgan fingerprint density at radius 1 is 1.36 bits per heavy atom. The molecule has 10 nitrogen and oxygen atoms in total. The Morgan fingerprint density at radius 2 is 2.21 bits per heavy atom. The number of piperidine rings is 1. The Hall–Kier alpha value is -3.27. The number of rotatable bonds is 6. The van der Waals surface area contributed by atoms with E-state index in [4.69, 9.17) is 9.74 Å². The summed E-state index contributed by atoms with van der Waals surface area (Å²) in [5.74, 6) is 0. The third kappa shape index (κ3) is 3.22. The van der Waals surface area contributed by atoms with Crippen LogP contribution in [0.4, 0.5) is 17.1 Å².